The van der Waals surface area contributed by atoms with Crippen molar-refractivity contribution in [3.05, 3.63) is 0 Å². The molecule has 0 aromatic carbocycles. The average Bonchev–Trinajstić information content (AvgIpc) is 1.61. The van der Waals surface area contributed by atoms with Crippen molar-refractivity contribution in [3.8, 4) is 0 Å². The Bertz CT molecular complexity index is 151. The van der Waals surface area contributed by atoms with Crippen molar-refractivity contribution < 1.29 is 32.5 Å². The van der Waals surface area contributed by atoms with E-state index in [2.05, 4.69) is 4.74 Å². The molecule has 0 bridgehead atoms. The molecule has 1 aliphatic heterocycles. The van der Waals surface area contributed by atoms with Crippen LogP contribution >= 0.6 is 0 Å². The average molecular weight is 167 g/mol. The van der Waals surface area contributed by atoms with E-state index in [9.17, 15) is 26.3 Å². The minimum Gasteiger partial charge on any atom is -1.00 e. The van der Waals surface area contributed by atoms with E-state index < -0.39 is 18.1 Å². The third-order valence-electron chi connectivity index (χ3n) is 0.987. The molecule has 7 heteroatoms. The van der Waals surface area contributed by atoms with Gasteiger partial charge >= 0.3 is 18.1 Å². The molecule has 0 unspecified atom stereocenters. The van der Waals surface area contributed by atoms with E-state index in [1.807, 2.05) is 0 Å². The number of ether oxygens (including phenoxy) is 1. The molecule has 0 atom stereocenters. The molecule has 0 radical (unpaired) electrons. The quantitative estimate of drug-likeness (QED) is 0.501. The third kappa shape index (κ3) is 0.582. The number of hydrogen-bond acceptors (Lipinski definition) is 1. The predicted octanol–water partition coefficient (Wildman–Crippen LogP) is 1.95. The number of rotatable bonds is 0. The van der Waals surface area contributed by atoms with Gasteiger partial charge in [0.05, 0.1) is 0 Å². The van der Waals surface area contributed by atoms with Crippen molar-refractivity contribution >= 4 is 0 Å². The molecule has 1 fully saturated rings. The Labute approximate surface area is 52.1 Å². The SMILES string of the molecule is FC1(F)OC(F)(F)C1(F)F.[H-]. The van der Waals surface area contributed by atoms with Crippen LogP contribution in [0.4, 0.5) is 26.3 Å². The van der Waals surface area contributed by atoms with Gasteiger partial charge in [-0.3, -0.25) is 0 Å². The van der Waals surface area contributed by atoms with E-state index in [-0.39, 0.29) is 1.43 Å². The van der Waals surface area contributed by atoms with Crippen LogP contribution in [0, 0.1) is 0 Å². The number of halogens is 6. The van der Waals surface area contributed by atoms with Gasteiger partial charge in [0.1, 0.15) is 0 Å². The number of hydrogen-bond donors (Lipinski definition) is 0. The molecule has 0 amide bonds. The molecule has 0 aromatic heterocycles. The van der Waals surface area contributed by atoms with Crippen LogP contribution < -0.4 is 0 Å². The van der Waals surface area contributed by atoms with E-state index in [4.69, 9.17) is 0 Å². The summed E-state index contributed by atoms with van der Waals surface area (Å²) < 4.78 is 70.7. The van der Waals surface area contributed by atoms with Crippen molar-refractivity contribution in [2.45, 2.75) is 18.1 Å². The topological polar surface area (TPSA) is 9.23 Å². The fourth-order valence-corrected chi connectivity index (χ4v) is 0.412. The van der Waals surface area contributed by atoms with Crippen molar-refractivity contribution in [2.24, 2.45) is 0 Å². The molecular weight excluding hydrogens is 166 g/mol. The van der Waals surface area contributed by atoms with Crippen LogP contribution in [0.5, 0.6) is 0 Å². The Balaban J connectivity index is 0.000001000. The monoisotopic (exact) mass is 167 g/mol. The summed E-state index contributed by atoms with van der Waals surface area (Å²) in [5.74, 6) is -5.38. The molecule has 1 rings (SSSR count). The van der Waals surface area contributed by atoms with Gasteiger partial charge in [-0.2, -0.15) is 26.3 Å². The molecule has 0 N–H and O–H groups in total. The highest BCUT2D eigenvalue weighted by atomic mass is 19.4. The number of alkyl halides is 6. The van der Waals surface area contributed by atoms with Gasteiger partial charge in [-0.15, -0.1) is 0 Å². The van der Waals surface area contributed by atoms with Crippen LogP contribution in [0.2, 0.25) is 0 Å². The largest absolute Gasteiger partial charge is 1.00 e. The van der Waals surface area contributed by atoms with Gasteiger partial charge in [-0.25, -0.2) is 4.74 Å². The lowest BCUT2D eigenvalue weighted by Crippen LogP contribution is -2.69. The van der Waals surface area contributed by atoms with Gasteiger partial charge in [0.15, 0.2) is 0 Å². The van der Waals surface area contributed by atoms with Gasteiger partial charge in [-0.1, -0.05) is 0 Å². The molecule has 1 aliphatic rings. The highest BCUT2D eigenvalue weighted by Gasteiger charge is 2.87. The summed E-state index contributed by atoms with van der Waals surface area (Å²) in [7, 11) is 0. The second-order valence-corrected chi connectivity index (χ2v) is 1.71. The maximum atomic E-state index is 11.5. The van der Waals surface area contributed by atoms with Crippen molar-refractivity contribution in [2.75, 3.05) is 0 Å². The van der Waals surface area contributed by atoms with Crippen LogP contribution in [0.1, 0.15) is 1.43 Å². The minimum atomic E-state index is -5.38. The minimum absolute atomic E-state index is 0. The zero-order valence-corrected chi connectivity index (χ0v) is 4.18. The van der Waals surface area contributed by atoms with Crippen molar-refractivity contribution in [1.29, 1.82) is 0 Å². The van der Waals surface area contributed by atoms with Gasteiger partial charge < -0.3 is 1.43 Å². The van der Waals surface area contributed by atoms with E-state index in [1.165, 1.54) is 0 Å². The van der Waals surface area contributed by atoms with Gasteiger partial charge in [0, 0.05) is 0 Å². The molecule has 1 nitrogen and oxygen atoms in total. The Hall–Kier alpha value is -0.460. The van der Waals surface area contributed by atoms with Crippen LogP contribution in [0.25, 0.3) is 0 Å². The summed E-state index contributed by atoms with van der Waals surface area (Å²) in [5.41, 5.74) is 0. The molecule has 1 heterocycles. The highest BCUT2D eigenvalue weighted by Crippen LogP contribution is 2.57. The third-order valence-corrected chi connectivity index (χ3v) is 0.987. The molecule has 10 heavy (non-hydrogen) atoms. The Kier molecular flexibility index (Phi) is 1.08. The lowest BCUT2D eigenvalue weighted by Gasteiger charge is -2.41. The first kappa shape index (κ1) is 7.64. The fourth-order valence-electron chi connectivity index (χ4n) is 0.412. The van der Waals surface area contributed by atoms with Gasteiger partial charge in [0.25, 0.3) is 0 Å². The zero-order chi connectivity index (χ0) is 8.21. The van der Waals surface area contributed by atoms with Crippen molar-refractivity contribution in [3.63, 3.8) is 0 Å². The van der Waals surface area contributed by atoms with E-state index in [0.29, 0.717) is 0 Å². The Morgan fingerprint density at radius 1 is 0.800 bits per heavy atom. The Morgan fingerprint density at radius 3 is 1.10 bits per heavy atom. The van der Waals surface area contributed by atoms with E-state index >= 15 is 0 Å². The second kappa shape index (κ2) is 1.41. The first-order valence-corrected chi connectivity index (χ1v) is 2.04. The van der Waals surface area contributed by atoms with Crippen molar-refractivity contribution in [1.82, 2.24) is 0 Å². The first-order valence-electron chi connectivity index (χ1n) is 2.04. The highest BCUT2D eigenvalue weighted by molar-refractivity contribution is 4.95. The van der Waals surface area contributed by atoms with Gasteiger partial charge in [-0.05, 0) is 0 Å². The van der Waals surface area contributed by atoms with E-state index in [1.54, 1.807) is 0 Å². The normalized spacial score (nSPS) is 33.0. The second-order valence-electron chi connectivity index (χ2n) is 1.71. The van der Waals surface area contributed by atoms with Crippen LogP contribution in [-0.2, 0) is 4.74 Å². The van der Waals surface area contributed by atoms with Crippen LogP contribution in [0.15, 0.2) is 0 Å². The maximum Gasteiger partial charge on any atom is 0.433 e. The lowest BCUT2D eigenvalue weighted by molar-refractivity contribution is -0.583. The molecule has 0 aromatic rings. The standard InChI is InChI=1S/C3F6O.H/c4-1(5)2(6,7)10-3(1,8)9;/q;-1. The van der Waals surface area contributed by atoms with Crippen LogP contribution in [0.3, 0.4) is 0 Å². The summed E-state index contributed by atoms with van der Waals surface area (Å²) in [5, 5.41) is 0. The summed E-state index contributed by atoms with van der Waals surface area (Å²) in [6.07, 6.45) is -10.1. The molecule has 62 valence electrons. The van der Waals surface area contributed by atoms with E-state index in [0.717, 1.165) is 0 Å². The Morgan fingerprint density at radius 2 is 1.10 bits per heavy atom. The smallest absolute Gasteiger partial charge is 0.433 e. The van der Waals surface area contributed by atoms with Gasteiger partial charge in [0.2, 0.25) is 0 Å². The summed E-state index contributed by atoms with van der Waals surface area (Å²) in [6, 6.07) is 0. The lowest BCUT2D eigenvalue weighted by atomic mass is 10.2. The maximum absolute atomic E-state index is 11.5. The molecule has 0 saturated carbocycles. The first-order chi connectivity index (χ1) is 4.21. The summed E-state index contributed by atoms with van der Waals surface area (Å²) in [6.45, 7) is 0. The molecule has 0 aliphatic carbocycles. The zero-order valence-electron chi connectivity index (χ0n) is 5.18. The molecular formula is C3HF6O-. The molecule has 1 saturated heterocycles. The van der Waals surface area contributed by atoms with Crippen LogP contribution in [-0.4, -0.2) is 18.1 Å². The predicted molar refractivity (Wildman–Crippen MR) is 17.0 cm³/mol. The molecule has 0 spiro atoms. The fraction of sp³-hybridized carbons (Fsp3) is 1.00. The summed E-state index contributed by atoms with van der Waals surface area (Å²) in [4.78, 5) is 0. The summed E-state index contributed by atoms with van der Waals surface area (Å²) >= 11 is 0.